The number of nitrogens with one attached hydrogen (secondary N) is 2. The summed E-state index contributed by atoms with van der Waals surface area (Å²) in [7, 11) is 0. The van der Waals surface area contributed by atoms with Crippen LogP contribution in [0.2, 0.25) is 0 Å². The van der Waals surface area contributed by atoms with Crippen molar-refractivity contribution in [2.75, 3.05) is 6.61 Å². The molecule has 0 saturated heterocycles. The standard InChI is InChI=1S/C25H21N3O2S/c29-15-21(16-6-2-1-3-7-16)28-25(30)23-20(19-8-4-5-9-22(19)31-23)14-17-10-12-26-24-18(17)11-13-27-24/h1-13,21,29H,14-15H2,(H,26,27)(H,28,30)/t21-/m1/s1. The molecule has 0 aliphatic carbocycles. The average molecular weight is 428 g/mol. The van der Waals surface area contributed by atoms with Gasteiger partial charge >= 0.3 is 0 Å². The Morgan fingerprint density at radius 3 is 2.68 bits per heavy atom. The molecule has 0 unspecified atom stereocenters. The molecule has 31 heavy (non-hydrogen) atoms. The van der Waals surface area contributed by atoms with Gasteiger partial charge in [0.25, 0.3) is 5.91 Å². The number of carbonyl (C=O) groups excluding carboxylic acids is 1. The number of amides is 1. The van der Waals surface area contributed by atoms with Crippen LogP contribution in [0.4, 0.5) is 0 Å². The third-order valence-electron chi connectivity index (χ3n) is 5.51. The number of aliphatic hydroxyl groups excluding tert-OH is 1. The summed E-state index contributed by atoms with van der Waals surface area (Å²) < 4.78 is 1.07. The molecule has 0 fully saturated rings. The van der Waals surface area contributed by atoms with E-state index in [9.17, 15) is 9.90 Å². The van der Waals surface area contributed by atoms with Crippen LogP contribution in [0.15, 0.2) is 79.1 Å². The molecule has 1 atom stereocenters. The van der Waals surface area contributed by atoms with Crippen molar-refractivity contribution >= 4 is 38.4 Å². The van der Waals surface area contributed by atoms with Crippen molar-refractivity contribution in [3.05, 3.63) is 101 Å². The fourth-order valence-electron chi connectivity index (χ4n) is 3.96. The number of nitrogens with zero attached hydrogens (tertiary/aromatic N) is 1. The number of aromatic amines is 1. The van der Waals surface area contributed by atoms with Crippen LogP contribution in [0, 0.1) is 0 Å². The van der Waals surface area contributed by atoms with Gasteiger partial charge in [0.2, 0.25) is 0 Å². The Balaban J connectivity index is 1.54. The molecule has 2 aromatic carbocycles. The lowest BCUT2D eigenvalue weighted by Crippen LogP contribution is -2.30. The number of fused-ring (bicyclic) bond motifs is 2. The van der Waals surface area contributed by atoms with E-state index in [2.05, 4.69) is 21.4 Å². The van der Waals surface area contributed by atoms with Crippen molar-refractivity contribution in [3.63, 3.8) is 0 Å². The highest BCUT2D eigenvalue weighted by atomic mass is 32.1. The summed E-state index contributed by atoms with van der Waals surface area (Å²) in [5, 5.41) is 15.1. The highest BCUT2D eigenvalue weighted by molar-refractivity contribution is 7.21. The molecule has 0 saturated carbocycles. The van der Waals surface area contributed by atoms with Crippen molar-refractivity contribution in [2.45, 2.75) is 12.5 Å². The molecule has 0 aliphatic heterocycles. The normalized spacial score (nSPS) is 12.3. The maximum absolute atomic E-state index is 13.4. The lowest BCUT2D eigenvalue weighted by molar-refractivity contribution is 0.0919. The van der Waals surface area contributed by atoms with Gasteiger partial charge in [0, 0.05) is 28.9 Å². The number of carbonyl (C=O) groups is 1. The summed E-state index contributed by atoms with van der Waals surface area (Å²) in [6.07, 6.45) is 4.30. The number of aromatic nitrogens is 2. The van der Waals surface area contributed by atoms with Gasteiger partial charge in [-0.1, -0.05) is 48.5 Å². The van der Waals surface area contributed by atoms with Gasteiger partial charge < -0.3 is 15.4 Å². The Morgan fingerprint density at radius 2 is 1.84 bits per heavy atom. The van der Waals surface area contributed by atoms with Gasteiger partial charge in [-0.3, -0.25) is 4.79 Å². The van der Waals surface area contributed by atoms with Crippen LogP contribution >= 0.6 is 11.3 Å². The molecule has 5 nitrogen and oxygen atoms in total. The molecule has 3 aromatic heterocycles. The molecule has 154 valence electrons. The fourth-order valence-corrected chi connectivity index (χ4v) is 5.09. The SMILES string of the molecule is O=C(N[C@H](CO)c1ccccc1)c1sc2ccccc2c1Cc1ccnc2[nH]ccc12. The van der Waals surface area contributed by atoms with Crippen molar-refractivity contribution in [2.24, 2.45) is 0 Å². The molecule has 5 rings (SSSR count). The van der Waals surface area contributed by atoms with Crippen LogP contribution in [-0.4, -0.2) is 27.6 Å². The van der Waals surface area contributed by atoms with E-state index in [1.165, 1.54) is 11.3 Å². The van der Waals surface area contributed by atoms with Crippen molar-refractivity contribution in [1.29, 1.82) is 0 Å². The van der Waals surface area contributed by atoms with Gasteiger partial charge in [0.05, 0.1) is 17.5 Å². The van der Waals surface area contributed by atoms with Gasteiger partial charge in [-0.2, -0.15) is 0 Å². The van der Waals surface area contributed by atoms with E-state index in [0.717, 1.165) is 37.8 Å². The largest absolute Gasteiger partial charge is 0.394 e. The summed E-state index contributed by atoms with van der Waals surface area (Å²) in [6, 6.07) is 21.2. The topological polar surface area (TPSA) is 78.0 Å². The zero-order chi connectivity index (χ0) is 21.2. The molecular weight excluding hydrogens is 406 g/mol. The first-order chi connectivity index (χ1) is 15.2. The second kappa shape index (κ2) is 8.34. The summed E-state index contributed by atoms with van der Waals surface area (Å²) in [5.41, 5.74) is 3.83. The Hall–Kier alpha value is -3.48. The highest BCUT2D eigenvalue weighted by Crippen LogP contribution is 2.34. The van der Waals surface area contributed by atoms with Crippen LogP contribution in [0.5, 0.6) is 0 Å². The van der Waals surface area contributed by atoms with E-state index >= 15 is 0 Å². The molecule has 0 bridgehead atoms. The summed E-state index contributed by atoms with van der Waals surface area (Å²) in [4.78, 5) is 21.6. The quantitative estimate of drug-likeness (QED) is 0.363. The molecule has 0 radical (unpaired) electrons. The first kappa shape index (κ1) is 19.5. The zero-order valence-corrected chi connectivity index (χ0v) is 17.5. The lowest BCUT2D eigenvalue weighted by atomic mass is 10.00. The molecule has 6 heteroatoms. The highest BCUT2D eigenvalue weighted by Gasteiger charge is 2.22. The van der Waals surface area contributed by atoms with Crippen molar-refractivity contribution in [3.8, 4) is 0 Å². The zero-order valence-electron chi connectivity index (χ0n) is 16.7. The van der Waals surface area contributed by atoms with Gasteiger partial charge in [0.1, 0.15) is 5.65 Å². The van der Waals surface area contributed by atoms with Crippen LogP contribution in [0.25, 0.3) is 21.1 Å². The first-order valence-corrected chi connectivity index (χ1v) is 10.9. The molecule has 0 spiro atoms. The van der Waals surface area contributed by atoms with Crippen LogP contribution in [-0.2, 0) is 6.42 Å². The van der Waals surface area contributed by atoms with Gasteiger partial charge in [-0.05, 0) is 40.3 Å². The molecule has 3 N–H and O–H groups in total. The fraction of sp³-hybridized carbons (Fsp3) is 0.120. The van der Waals surface area contributed by atoms with E-state index in [4.69, 9.17) is 0 Å². The van der Waals surface area contributed by atoms with Crippen LogP contribution in [0.3, 0.4) is 0 Å². The number of rotatable bonds is 6. The van der Waals surface area contributed by atoms with E-state index in [-0.39, 0.29) is 12.5 Å². The van der Waals surface area contributed by atoms with Crippen molar-refractivity contribution in [1.82, 2.24) is 15.3 Å². The Bertz CT molecular complexity index is 1360. The van der Waals surface area contributed by atoms with Crippen LogP contribution < -0.4 is 5.32 Å². The third kappa shape index (κ3) is 3.71. The van der Waals surface area contributed by atoms with Crippen molar-refractivity contribution < 1.29 is 9.90 Å². The van der Waals surface area contributed by atoms with E-state index < -0.39 is 6.04 Å². The minimum atomic E-state index is -0.455. The van der Waals surface area contributed by atoms with E-state index in [0.29, 0.717) is 11.3 Å². The molecule has 0 aliphatic rings. The number of thiophene rings is 1. The number of hydrogen-bond acceptors (Lipinski definition) is 4. The van der Waals surface area contributed by atoms with Gasteiger partial charge in [-0.25, -0.2) is 4.98 Å². The predicted molar refractivity (Wildman–Crippen MR) is 124 cm³/mol. The smallest absolute Gasteiger partial charge is 0.262 e. The van der Waals surface area contributed by atoms with Gasteiger partial charge in [0.15, 0.2) is 0 Å². The third-order valence-corrected chi connectivity index (χ3v) is 6.72. The minimum Gasteiger partial charge on any atom is -0.394 e. The van der Waals surface area contributed by atoms with Crippen LogP contribution in [0.1, 0.15) is 32.4 Å². The molecular formula is C25H21N3O2S. The summed E-state index contributed by atoms with van der Waals surface area (Å²) in [5.74, 6) is -0.168. The number of H-pyrrole nitrogens is 1. The predicted octanol–water partition coefficient (Wildman–Crippen LogP) is 4.83. The maximum Gasteiger partial charge on any atom is 0.262 e. The molecule has 3 heterocycles. The van der Waals surface area contributed by atoms with E-state index in [1.807, 2.05) is 66.9 Å². The first-order valence-electron chi connectivity index (χ1n) is 10.1. The number of pyridine rings is 1. The number of aliphatic hydroxyl groups is 1. The summed E-state index contributed by atoms with van der Waals surface area (Å²) >= 11 is 1.49. The second-order valence-electron chi connectivity index (χ2n) is 7.41. The summed E-state index contributed by atoms with van der Waals surface area (Å²) in [6.45, 7) is -0.162. The molecule has 1 amide bonds. The average Bonchev–Trinajstić information content (AvgIpc) is 3.44. The van der Waals surface area contributed by atoms with Gasteiger partial charge in [-0.15, -0.1) is 11.3 Å². The minimum absolute atomic E-state index is 0.162. The Morgan fingerprint density at radius 1 is 1.03 bits per heavy atom. The molecule has 5 aromatic rings. The Kier molecular flexibility index (Phi) is 5.24. The number of benzene rings is 2. The number of hydrogen-bond donors (Lipinski definition) is 3. The monoisotopic (exact) mass is 427 g/mol. The second-order valence-corrected chi connectivity index (χ2v) is 8.46. The maximum atomic E-state index is 13.4. The van der Waals surface area contributed by atoms with E-state index in [1.54, 1.807) is 6.20 Å². The Labute approximate surface area is 183 Å². The lowest BCUT2D eigenvalue weighted by Gasteiger charge is -2.17.